The first-order valence-corrected chi connectivity index (χ1v) is 3.90. The van der Waals surface area contributed by atoms with Crippen molar-refractivity contribution in [3.05, 3.63) is 11.6 Å². The van der Waals surface area contributed by atoms with Crippen molar-refractivity contribution in [1.82, 2.24) is 10.6 Å². The lowest BCUT2D eigenvalue weighted by Gasteiger charge is -1.93. The second-order valence-electron chi connectivity index (χ2n) is 2.88. The van der Waals surface area contributed by atoms with Crippen molar-refractivity contribution in [2.75, 3.05) is 6.54 Å². The summed E-state index contributed by atoms with van der Waals surface area (Å²) in [5.74, 6) is -1.08. The minimum absolute atomic E-state index is 0.229. The molecule has 0 unspecified atom stereocenters. The average molecular weight is 181 g/mol. The number of nitrogens with zero attached hydrogens (tertiary/aromatic N) is 1. The molecule has 0 bridgehead atoms. The second kappa shape index (κ2) is 3.84. The van der Waals surface area contributed by atoms with Gasteiger partial charge in [0.15, 0.2) is 0 Å². The minimum Gasteiger partial charge on any atom is -0.288 e. The van der Waals surface area contributed by atoms with Crippen LogP contribution in [0.3, 0.4) is 0 Å². The molecule has 0 aromatic heterocycles. The topological polar surface area (TPSA) is 70.6 Å². The van der Waals surface area contributed by atoms with E-state index in [1.165, 1.54) is 0 Å². The standard InChI is InChI=1S/C8H11N3O2/c1-5(2)3-4-9-8-10-6(12)7(13)11-8/h3H,4H2,1-2H3,(H2,9,10,11,12,13). The summed E-state index contributed by atoms with van der Waals surface area (Å²) in [7, 11) is 0. The van der Waals surface area contributed by atoms with Gasteiger partial charge in [0.05, 0.1) is 6.54 Å². The number of amides is 2. The Morgan fingerprint density at radius 2 is 1.85 bits per heavy atom. The van der Waals surface area contributed by atoms with Gasteiger partial charge in [-0.2, -0.15) is 0 Å². The van der Waals surface area contributed by atoms with E-state index in [-0.39, 0.29) is 5.96 Å². The van der Waals surface area contributed by atoms with Crippen LogP contribution in [0.1, 0.15) is 13.8 Å². The molecule has 1 fully saturated rings. The molecule has 5 nitrogen and oxygen atoms in total. The van der Waals surface area contributed by atoms with Crippen LogP contribution in [0.2, 0.25) is 0 Å². The number of nitrogens with one attached hydrogen (secondary N) is 2. The lowest BCUT2D eigenvalue weighted by Crippen LogP contribution is -2.25. The molecule has 0 atom stereocenters. The molecule has 1 aliphatic heterocycles. The van der Waals surface area contributed by atoms with Gasteiger partial charge in [0, 0.05) is 0 Å². The second-order valence-corrected chi connectivity index (χ2v) is 2.88. The molecule has 1 rings (SSSR count). The van der Waals surface area contributed by atoms with E-state index in [0.717, 1.165) is 5.57 Å². The molecule has 1 heterocycles. The van der Waals surface area contributed by atoms with Crippen LogP contribution in [0.5, 0.6) is 0 Å². The Morgan fingerprint density at radius 3 is 2.31 bits per heavy atom. The third-order valence-corrected chi connectivity index (χ3v) is 1.42. The first-order valence-electron chi connectivity index (χ1n) is 3.90. The summed E-state index contributed by atoms with van der Waals surface area (Å²) in [6, 6.07) is 0. The number of rotatable bonds is 2. The quantitative estimate of drug-likeness (QED) is 0.447. The third kappa shape index (κ3) is 2.70. The van der Waals surface area contributed by atoms with Gasteiger partial charge in [-0.3, -0.25) is 20.2 Å². The smallest absolute Gasteiger partial charge is 0.288 e. The number of hydrogen-bond donors (Lipinski definition) is 2. The summed E-state index contributed by atoms with van der Waals surface area (Å²) in [6.45, 7) is 4.36. The minimum atomic E-state index is -0.657. The highest BCUT2D eigenvalue weighted by atomic mass is 16.2. The van der Waals surface area contributed by atoms with Gasteiger partial charge in [0.25, 0.3) is 0 Å². The molecule has 0 aliphatic carbocycles. The van der Waals surface area contributed by atoms with Crippen molar-refractivity contribution in [3.63, 3.8) is 0 Å². The molecular formula is C8H11N3O2. The van der Waals surface area contributed by atoms with E-state index in [1.807, 2.05) is 19.9 Å². The molecule has 0 radical (unpaired) electrons. The fourth-order valence-electron chi connectivity index (χ4n) is 0.758. The molecule has 0 aromatic rings. The maximum absolute atomic E-state index is 10.7. The number of carbonyl (C=O) groups excluding carboxylic acids is 2. The maximum atomic E-state index is 10.7. The van der Waals surface area contributed by atoms with Gasteiger partial charge < -0.3 is 0 Å². The van der Waals surface area contributed by atoms with Crippen molar-refractivity contribution in [3.8, 4) is 0 Å². The van der Waals surface area contributed by atoms with Crippen LogP contribution in [0, 0.1) is 0 Å². The molecule has 70 valence electrons. The highest BCUT2D eigenvalue weighted by molar-refractivity contribution is 6.45. The summed E-state index contributed by atoms with van der Waals surface area (Å²) < 4.78 is 0. The van der Waals surface area contributed by atoms with Crippen LogP contribution >= 0.6 is 0 Å². The van der Waals surface area contributed by atoms with Gasteiger partial charge in [-0.25, -0.2) is 4.99 Å². The van der Waals surface area contributed by atoms with Crippen molar-refractivity contribution in [2.24, 2.45) is 4.99 Å². The summed E-state index contributed by atoms with van der Waals surface area (Å²) in [5.41, 5.74) is 1.14. The first kappa shape index (κ1) is 9.44. The van der Waals surface area contributed by atoms with E-state index in [4.69, 9.17) is 0 Å². The molecule has 0 aromatic carbocycles. The van der Waals surface area contributed by atoms with Gasteiger partial charge in [-0.05, 0) is 13.8 Å². The van der Waals surface area contributed by atoms with Crippen LogP contribution in [0.15, 0.2) is 16.6 Å². The Hall–Kier alpha value is -1.65. The van der Waals surface area contributed by atoms with E-state index < -0.39 is 11.8 Å². The van der Waals surface area contributed by atoms with Gasteiger partial charge in [-0.1, -0.05) is 11.6 Å². The molecule has 13 heavy (non-hydrogen) atoms. The lowest BCUT2D eigenvalue weighted by molar-refractivity contribution is -0.135. The predicted molar refractivity (Wildman–Crippen MR) is 48.0 cm³/mol. The van der Waals surface area contributed by atoms with Gasteiger partial charge in [-0.15, -0.1) is 0 Å². The van der Waals surface area contributed by atoms with Crippen molar-refractivity contribution < 1.29 is 9.59 Å². The number of hydrogen-bond acceptors (Lipinski definition) is 3. The fourth-order valence-corrected chi connectivity index (χ4v) is 0.758. The number of guanidine groups is 1. The zero-order valence-electron chi connectivity index (χ0n) is 7.55. The Balaban J connectivity index is 2.51. The fraction of sp³-hybridized carbons (Fsp3) is 0.375. The zero-order chi connectivity index (χ0) is 9.84. The van der Waals surface area contributed by atoms with Crippen LogP contribution in [0.4, 0.5) is 0 Å². The summed E-state index contributed by atoms with van der Waals surface area (Å²) >= 11 is 0. The SMILES string of the molecule is CC(C)=CCN=C1NC(=O)C(=O)N1. The summed E-state index contributed by atoms with van der Waals surface area (Å²) in [5, 5.41) is 4.60. The highest BCUT2D eigenvalue weighted by Gasteiger charge is 2.24. The number of allylic oxidation sites excluding steroid dienone is 1. The number of aliphatic imine (C=N–C) groups is 1. The summed E-state index contributed by atoms with van der Waals surface area (Å²) in [4.78, 5) is 25.3. The van der Waals surface area contributed by atoms with Crippen molar-refractivity contribution in [1.29, 1.82) is 0 Å². The molecule has 5 heteroatoms. The summed E-state index contributed by atoms with van der Waals surface area (Å²) in [6.07, 6.45) is 1.89. The van der Waals surface area contributed by atoms with Crippen LogP contribution in [0.25, 0.3) is 0 Å². The lowest BCUT2D eigenvalue weighted by atomic mass is 10.3. The molecule has 0 saturated carbocycles. The van der Waals surface area contributed by atoms with Gasteiger partial charge >= 0.3 is 11.8 Å². The van der Waals surface area contributed by atoms with E-state index >= 15 is 0 Å². The van der Waals surface area contributed by atoms with Gasteiger partial charge in [0.2, 0.25) is 5.96 Å². The van der Waals surface area contributed by atoms with Gasteiger partial charge in [0.1, 0.15) is 0 Å². The van der Waals surface area contributed by atoms with E-state index in [2.05, 4.69) is 15.6 Å². The molecule has 2 N–H and O–H groups in total. The largest absolute Gasteiger partial charge is 0.316 e. The van der Waals surface area contributed by atoms with Crippen LogP contribution in [-0.4, -0.2) is 24.3 Å². The Bertz CT molecular complexity index is 283. The molecule has 2 amide bonds. The average Bonchev–Trinajstić information content (AvgIpc) is 2.30. The molecule has 0 spiro atoms. The third-order valence-electron chi connectivity index (χ3n) is 1.42. The molecule has 1 saturated heterocycles. The highest BCUT2D eigenvalue weighted by Crippen LogP contribution is 1.89. The van der Waals surface area contributed by atoms with E-state index in [0.29, 0.717) is 6.54 Å². The predicted octanol–water partition coefficient (Wildman–Crippen LogP) is -0.445. The molecular weight excluding hydrogens is 170 g/mol. The monoisotopic (exact) mass is 181 g/mol. The van der Waals surface area contributed by atoms with E-state index in [9.17, 15) is 9.59 Å². The molecule has 1 aliphatic rings. The normalized spacial score (nSPS) is 15.1. The maximum Gasteiger partial charge on any atom is 0.316 e. The number of carbonyl (C=O) groups is 2. The Kier molecular flexibility index (Phi) is 2.79. The first-order chi connectivity index (χ1) is 6.09. The Morgan fingerprint density at radius 1 is 1.31 bits per heavy atom. The van der Waals surface area contributed by atoms with Crippen molar-refractivity contribution in [2.45, 2.75) is 13.8 Å². The van der Waals surface area contributed by atoms with E-state index in [1.54, 1.807) is 0 Å². The van der Waals surface area contributed by atoms with Crippen LogP contribution < -0.4 is 10.6 Å². The Labute approximate surface area is 75.9 Å². The zero-order valence-corrected chi connectivity index (χ0v) is 7.55. The van der Waals surface area contributed by atoms with Crippen LogP contribution in [-0.2, 0) is 9.59 Å². The van der Waals surface area contributed by atoms with Crippen molar-refractivity contribution >= 4 is 17.8 Å².